The van der Waals surface area contributed by atoms with Crippen LogP contribution in [0.3, 0.4) is 0 Å². The number of carbonyl (C=O) groups excluding carboxylic acids is 1. The van der Waals surface area contributed by atoms with Gasteiger partial charge in [0, 0.05) is 18.2 Å². The summed E-state index contributed by atoms with van der Waals surface area (Å²) < 4.78 is 33.2. The van der Waals surface area contributed by atoms with Gasteiger partial charge in [0.05, 0.1) is 13.4 Å². The maximum absolute atomic E-state index is 13.0. The molecule has 0 bridgehead atoms. The summed E-state index contributed by atoms with van der Waals surface area (Å²) in [6, 6.07) is 12.4. The van der Waals surface area contributed by atoms with Crippen LogP contribution in [0.15, 0.2) is 42.5 Å². The molecule has 0 aromatic heterocycles. The minimum atomic E-state index is -3.70. The molecule has 0 aliphatic heterocycles. The van der Waals surface area contributed by atoms with Crippen molar-refractivity contribution in [3.63, 3.8) is 0 Å². The number of carbonyl (C=O) groups is 1. The van der Waals surface area contributed by atoms with Crippen LogP contribution in [0.4, 0.5) is 0 Å². The average Bonchev–Trinajstić information content (AvgIpc) is 2.58. The standard InChI is InChI=1S/C20H25NO5S/c1-14(2)21(20(22)17-9-7-6-8-15(17)3)13-16-10-11-18(25-4)19(12-16)26-27(5,23)24/h6-12,14H,13H2,1-5H3. The summed E-state index contributed by atoms with van der Waals surface area (Å²) in [7, 11) is -2.26. The molecule has 0 radical (unpaired) electrons. The summed E-state index contributed by atoms with van der Waals surface area (Å²) >= 11 is 0. The zero-order valence-corrected chi connectivity index (χ0v) is 17.0. The van der Waals surface area contributed by atoms with E-state index in [0.29, 0.717) is 17.9 Å². The molecule has 27 heavy (non-hydrogen) atoms. The Morgan fingerprint density at radius 3 is 2.33 bits per heavy atom. The number of hydrogen-bond acceptors (Lipinski definition) is 5. The molecule has 7 heteroatoms. The second-order valence-corrected chi connectivity index (χ2v) is 8.19. The quantitative estimate of drug-likeness (QED) is 0.677. The molecule has 0 aliphatic rings. The molecular weight excluding hydrogens is 366 g/mol. The van der Waals surface area contributed by atoms with E-state index in [9.17, 15) is 13.2 Å². The Balaban J connectivity index is 2.35. The Bertz CT molecular complexity index is 922. The van der Waals surface area contributed by atoms with Gasteiger partial charge in [-0.05, 0) is 50.1 Å². The van der Waals surface area contributed by atoms with Crippen LogP contribution < -0.4 is 8.92 Å². The first kappa shape index (κ1) is 20.8. The normalized spacial score (nSPS) is 11.3. The molecule has 0 N–H and O–H groups in total. The van der Waals surface area contributed by atoms with Crippen molar-refractivity contribution in [1.82, 2.24) is 4.90 Å². The topological polar surface area (TPSA) is 72.9 Å². The van der Waals surface area contributed by atoms with Crippen molar-refractivity contribution in [2.24, 2.45) is 0 Å². The van der Waals surface area contributed by atoms with Crippen LogP contribution >= 0.6 is 0 Å². The van der Waals surface area contributed by atoms with Gasteiger partial charge in [-0.2, -0.15) is 8.42 Å². The lowest BCUT2D eigenvalue weighted by Crippen LogP contribution is -2.36. The molecule has 6 nitrogen and oxygen atoms in total. The number of hydrogen-bond donors (Lipinski definition) is 0. The van der Waals surface area contributed by atoms with Crippen LogP contribution in [-0.4, -0.2) is 38.6 Å². The fourth-order valence-corrected chi connectivity index (χ4v) is 3.16. The predicted octanol–water partition coefficient (Wildman–Crippen LogP) is 3.39. The van der Waals surface area contributed by atoms with Crippen molar-refractivity contribution >= 4 is 16.0 Å². The van der Waals surface area contributed by atoms with Gasteiger partial charge in [0.1, 0.15) is 0 Å². The van der Waals surface area contributed by atoms with Crippen molar-refractivity contribution in [2.45, 2.75) is 33.4 Å². The summed E-state index contributed by atoms with van der Waals surface area (Å²) in [4.78, 5) is 14.8. The van der Waals surface area contributed by atoms with Crippen LogP contribution in [-0.2, 0) is 16.7 Å². The minimum absolute atomic E-state index is 0.0431. The number of nitrogens with zero attached hydrogens (tertiary/aromatic N) is 1. The van der Waals surface area contributed by atoms with Crippen LogP contribution in [0.1, 0.15) is 35.3 Å². The number of ether oxygens (including phenoxy) is 1. The largest absolute Gasteiger partial charge is 0.493 e. The maximum atomic E-state index is 13.0. The van der Waals surface area contributed by atoms with E-state index >= 15 is 0 Å². The fourth-order valence-electron chi connectivity index (χ4n) is 2.70. The average molecular weight is 391 g/mol. The van der Waals surface area contributed by atoms with Gasteiger partial charge < -0.3 is 13.8 Å². The Labute approximate surface area is 160 Å². The number of benzene rings is 2. The van der Waals surface area contributed by atoms with Gasteiger partial charge in [0.25, 0.3) is 5.91 Å². The van der Waals surface area contributed by atoms with E-state index in [1.165, 1.54) is 7.11 Å². The molecule has 0 aliphatic carbocycles. The van der Waals surface area contributed by atoms with E-state index in [1.54, 1.807) is 29.2 Å². The Kier molecular flexibility index (Phi) is 6.49. The lowest BCUT2D eigenvalue weighted by Gasteiger charge is -2.28. The van der Waals surface area contributed by atoms with Crippen LogP contribution in [0.2, 0.25) is 0 Å². The van der Waals surface area contributed by atoms with Gasteiger partial charge in [-0.1, -0.05) is 24.3 Å². The number of methoxy groups -OCH3 is 1. The third-order valence-electron chi connectivity index (χ3n) is 4.08. The highest BCUT2D eigenvalue weighted by Gasteiger charge is 2.21. The Hall–Kier alpha value is -2.54. The minimum Gasteiger partial charge on any atom is -0.493 e. The molecule has 2 rings (SSSR count). The molecular formula is C20H25NO5S. The van der Waals surface area contributed by atoms with E-state index in [-0.39, 0.29) is 17.7 Å². The molecule has 0 fully saturated rings. The zero-order valence-electron chi connectivity index (χ0n) is 16.2. The molecule has 146 valence electrons. The van der Waals surface area contributed by atoms with Crippen molar-refractivity contribution in [2.75, 3.05) is 13.4 Å². The SMILES string of the molecule is COc1ccc(CN(C(=O)c2ccccc2C)C(C)C)cc1OS(C)(=O)=O. The zero-order chi connectivity index (χ0) is 20.2. The van der Waals surface area contributed by atoms with E-state index in [4.69, 9.17) is 8.92 Å². The second kappa shape index (κ2) is 8.43. The summed E-state index contributed by atoms with van der Waals surface area (Å²) in [6.45, 7) is 6.09. The molecule has 0 atom stereocenters. The summed E-state index contributed by atoms with van der Waals surface area (Å²) in [5.41, 5.74) is 2.29. The van der Waals surface area contributed by atoms with Gasteiger partial charge in [0.2, 0.25) is 0 Å². The maximum Gasteiger partial charge on any atom is 0.306 e. The number of aryl methyl sites for hydroxylation is 1. The summed E-state index contributed by atoms with van der Waals surface area (Å²) in [6.07, 6.45) is 0.973. The molecule has 0 saturated heterocycles. The van der Waals surface area contributed by atoms with Gasteiger partial charge in [-0.3, -0.25) is 4.79 Å². The molecule has 0 spiro atoms. The third-order valence-corrected chi connectivity index (χ3v) is 4.56. The number of rotatable bonds is 7. The Morgan fingerprint density at radius 1 is 1.11 bits per heavy atom. The first-order valence-electron chi connectivity index (χ1n) is 8.55. The van der Waals surface area contributed by atoms with E-state index in [0.717, 1.165) is 17.4 Å². The molecule has 0 heterocycles. The third kappa shape index (κ3) is 5.47. The Morgan fingerprint density at radius 2 is 1.78 bits per heavy atom. The van der Waals surface area contributed by atoms with Crippen molar-refractivity contribution < 1.29 is 22.1 Å². The van der Waals surface area contributed by atoms with Crippen molar-refractivity contribution in [3.8, 4) is 11.5 Å². The monoisotopic (exact) mass is 391 g/mol. The predicted molar refractivity (Wildman–Crippen MR) is 105 cm³/mol. The van der Waals surface area contributed by atoms with Gasteiger partial charge in [-0.25, -0.2) is 0 Å². The second-order valence-electron chi connectivity index (χ2n) is 6.61. The molecule has 2 aromatic rings. The first-order valence-corrected chi connectivity index (χ1v) is 10.4. The highest BCUT2D eigenvalue weighted by molar-refractivity contribution is 7.86. The smallest absolute Gasteiger partial charge is 0.306 e. The first-order chi connectivity index (χ1) is 12.6. The number of amides is 1. The summed E-state index contributed by atoms with van der Waals surface area (Å²) in [5.74, 6) is 0.333. The van der Waals surface area contributed by atoms with Crippen LogP contribution in [0.5, 0.6) is 11.5 Å². The van der Waals surface area contributed by atoms with Crippen molar-refractivity contribution in [1.29, 1.82) is 0 Å². The van der Waals surface area contributed by atoms with Crippen molar-refractivity contribution in [3.05, 3.63) is 59.2 Å². The molecule has 0 unspecified atom stereocenters. The van der Waals surface area contributed by atoms with Crippen LogP contribution in [0, 0.1) is 6.92 Å². The summed E-state index contributed by atoms with van der Waals surface area (Å²) in [5, 5.41) is 0. The van der Waals surface area contributed by atoms with E-state index < -0.39 is 10.1 Å². The van der Waals surface area contributed by atoms with Gasteiger partial charge in [-0.15, -0.1) is 0 Å². The molecule has 2 aromatic carbocycles. The molecule has 1 amide bonds. The highest BCUT2D eigenvalue weighted by atomic mass is 32.2. The van der Waals surface area contributed by atoms with Gasteiger partial charge in [0.15, 0.2) is 11.5 Å². The lowest BCUT2D eigenvalue weighted by molar-refractivity contribution is 0.0689. The van der Waals surface area contributed by atoms with Gasteiger partial charge >= 0.3 is 10.1 Å². The van der Waals surface area contributed by atoms with Crippen LogP contribution in [0.25, 0.3) is 0 Å². The lowest BCUT2D eigenvalue weighted by atomic mass is 10.1. The van der Waals surface area contributed by atoms with E-state index in [2.05, 4.69) is 0 Å². The highest BCUT2D eigenvalue weighted by Crippen LogP contribution is 2.30. The fraction of sp³-hybridized carbons (Fsp3) is 0.350. The van der Waals surface area contributed by atoms with E-state index in [1.807, 2.05) is 39.0 Å². The molecule has 0 saturated carbocycles.